The Morgan fingerprint density at radius 3 is 2.45 bits per heavy atom. The molecule has 1 unspecified atom stereocenters. The maximum absolute atomic E-state index is 13.2. The van der Waals surface area contributed by atoms with E-state index < -0.39 is 17.6 Å². The van der Waals surface area contributed by atoms with E-state index in [4.69, 9.17) is 10.8 Å². The molecule has 1 aliphatic heterocycles. The van der Waals surface area contributed by atoms with E-state index in [0.29, 0.717) is 47.0 Å². The molecule has 3 heterocycles. The van der Waals surface area contributed by atoms with Crippen LogP contribution < -0.4 is 11.1 Å². The molecule has 6 rings (SSSR count). The molecule has 13 heteroatoms. The zero-order valence-electron chi connectivity index (χ0n) is 23.4. The van der Waals surface area contributed by atoms with Gasteiger partial charge in [-0.1, -0.05) is 18.2 Å². The zero-order valence-corrected chi connectivity index (χ0v) is 23.4. The van der Waals surface area contributed by atoms with E-state index in [2.05, 4.69) is 21.4 Å². The fourth-order valence-electron chi connectivity index (χ4n) is 5.39. The number of likely N-dealkylation sites (tertiary alicyclic amines) is 1. The molecule has 4 aromatic rings. The van der Waals surface area contributed by atoms with Gasteiger partial charge in [-0.15, -0.1) is 0 Å². The van der Waals surface area contributed by atoms with Gasteiger partial charge in [-0.25, -0.2) is 14.6 Å². The van der Waals surface area contributed by atoms with Gasteiger partial charge in [0.05, 0.1) is 23.5 Å². The Balaban J connectivity index is 1.22. The van der Waals surface area contributed by atoms with Crippen LogP contribution in [-0.4, -0.2) is 49.0 Å². The second-order valence-corrected chi connectivity index (χ2v) is 10.9. The summed E-state index contributed by atoms with van der Waals surface area (Å²) in [5.41, 5.74) is 7.80. The number of allylic oxidation sites excluding steroid dienone is 1. The van der Waals surface area contributed by atoms with Crippen molar-refractivity contribution in [3.8, 4) is 17.3 Å². The van der Waals surface area contributed by atoms with Crippen LogP contribution >= 0.6 is 0 Å². The summed E-state index contributed by atoms with van der Waals surface area (Å²) >= 11 is 0. The first kappa shape index (κ1) is 28.9. The zero-order chi connectivity index (χ0) is 31.0. The third kappa shape index (κ3) is 5.83. The topological polar surface area (TPSA) is 143 Å². The number of amides is 2. The molecule has 0 radical (unpaired) electrons. The molecule has 10 nitrogen and oxygen atoms in total. The largest absolute Gasteiger partial charge is 0.416 e. The normalized spacial score (nSPS) is 17.1. The van der Waals surface area contributed by atoms with Crippen LogP contribution in [0, 0.1) is 17.2 Å². The lowest BCUT2D eigenvalue weighted by Crippen LogP contribution is -2.39. The molecule has 224 valence electrons. The Morgan fingerprint density at radius 1 is 1.07 bits per heavy atom. The SMILES string of the molecule is N#C/C(=C/C1CC1)C(=O)N1CCCC1Cn1nc(-c2ccc(NC(=O)c3ccc(C(F)(F)F)cc3)cc2)c2c(N)ncnc21. The molecule has 1 saturated heterocycles. The molecule has 2 aliphatic rings. The van der Waals surface area contributed by atoms with Crippen LogP contribution in [0.5, 0.6) is 0 Å². The molecule has 3 N–H and O–H groups in total. The summed E-state index contributed by atoms with van der Waals surface area (Å²) < 4.78 is 40.3. The number of hydrogen-bond acceptors (Lipinski definition) is 7. The van der Waals surface area contributed by atoms with E-state index in [-0.39, 0.29) is 28.9 Å². The number of halogens is 3. The lowest BCUT2D eigenvalue weighted by Gasteiger charge is -2.24. The third-order valence-corrected chi connectivity index (χ3v) is 7.85. The predicted octanol–water partition coefficient (Wildman–Crippen LogP) is 5.20. The van der Waals surface area contributed by atoms with Crippen molar-refractivity contribution >= 4 is 34.4 Å². The van der Waals surface area contributed by atoms with Crippen LogP contribution in [0.15, 0.2) is 66.5 Å². The number of hydrogen-bond donors (Lipinski definition) is 2. The number of aromatic nitrogens is 4. The van der Waals surface area contributed by atoms with E-state index in [9.17, 15) is 28.0 Å². The number of nitrogen functional groups attached to an aromatic ring is 1. The lowest BCUT2D eigenvalue weighted by molar-refractivity contribution is -0.137. The van der Waals surface area contributed by atoms with Gasteiger partial charge in [0.15, 0.2) is 5.65 Å². The number of nitrogens with zero attached hydrogens (tertiary/aromatic N) is 6. The van der Waals surface area contributed by atoms with Gasteiger partial charge in [0.2, 0.25) is 0 Å². The summed E-state index contributed by atoms with van der Waals surface area (Å²) in [6.07, 6.45) is 2.19. The van der Waals surface area contributed by atoms with Crippen molar-refractivity contribution in [1.82, 2.24) is 24.6 Å². The van der Waals surface area contributed by atoms with Gasteiger partial charge in [-0.3, -0.25) is 9.59 Å². The highest BCUT2D eigenvalue weighted by molar-refractivity contribution is 6.04. The molecule has 2 aromatic carbocycles. The Morgan fingerprint density at radius 2 is 1.80 bits per heavy atom. The Bertz CT molecular complexity index is 1800. The maximum Gasteiger partial charge on any atom is 0.416 e. The van der Waals surface area contributed by atoms with Gasteiger partial charge in [-0.2, -0.15) is 23.5 Å². The van der Waals surface area contributed by atoms with Gasteiger partial charge in [0.1, 0.15) is 29.5 Å². The number of fused-ring (bicyclic) bond motifs is 1. The Labute approximate surface area is 250 Å². The first-order valence-corrected chi connectivity index (χ1v) is 14.1. The fraction of sp³-hybridized carbons (Fsp3) is 0.290. The minimum absolute atomic E-state index is 0.0843. The van der Waals surface area contributed by atoms with Crippen LogP contribution in [0.1, 0.15) is 41.6 Å². The number of nitrogens with two attached hydrogens (primary N) is 1. The number of carbonyl (C=O) groups excluding carboxylic acids is 2. The highest BCUT2D eigenvalue weighted by Gasteiger charge is 2.33. The molecule has 1 atom stereocenters. The van der Waals surface area contributed by atoms with Crippen molar-refractivity contribution in [2.75, 3.05) is 17.6 Å². The molecule has 44 heavy (non-hydrogen) atoms. The average Bonchev–Trinajstić information content (AvgIpc) is 3.59. The summed E-state index contributed by atoms with van der Waals surface area (Å²) in [7, 11) is 0. The van der Waals surface area contributed by atoms with Crippen molar-refractivity contribution in [2.45, 2.75) is 44.4 Å². The van der Waals surface area contributed by atoms with Crippen molar-refractivity contribution in [3.63, 3.8) is 0 Å². The summed E-state index contributed by atoms with van der Waals surface area (Å²) in [5, 5.41) is 17.6. The molecular formula is C31H27F3N8O2. The number of anilines is 2. The molecule has 1 saturated carbocycles. The summed E-state index contributed by atoms with van der Waals surface area (Å²) in [6, 6.07) is 12.6. The molecule has 2 amide bonds. The molecular weight excluding hydrogens is 573 g/mol. The summed E-state index contributed by atoms with van der Waals surface area (Å²) in [5.74, 6) is -0.284. The quantitative estimate of drug-likeness (QED) is 0.219. The second kappa shape index (κ2) is 11.4. The third-order valence-electron chi connectivity index (χ3n) is 7.85. The summed E-state index contributed by atoms with van der Waals surface area (Å²) in [4.78, 5) is 36.1. The van der Waals surface area contributed by atoms with Gasteiger partial charge in [0.25, 0.3) is 11.8 Å². The van der Waals surface area contributed by atoms with E-state index in [1.807, 2.05) is 0 Å². The van der Waals surface area contributed by atoms with Crippen LogP contribution in [0.2, 0.25) is 0 Å². The number of rotatable bonds is 7. The molecule has 2 fully saturated rings. The molecule has 0 spiro atoms. The highest BCUT2D eigenvalue weighted by atomic mass is 19.4. The predicted molar refractivity (Wildman–Crippen MR) is 156 cm³/mol. The first-order valence-electron chi connectivity index (χ1n) is 14.1. The van der Waals surface area contributed by atoms with Crippen LogP contribution in [0.4, 0.5) is 24.7 Å². The lowest BCUT2D eigenvalue weighted by atomic mass is 10.1. The second-order valence-electron chi connectivity index (χ2n) is 10.9. The number of carbonyl (C=O) groups is 2. The highest BCUT2D eigenvalue weighted by Crippen LogP contribution is 2.34. The number of benzene rings is 2. The van der Waals surface area contributed by atoms with E-state index >= 15 is 0 Å². The fourth-order valence-corrected chi connectivity index (χ4v) is 5.39. The van der Waals surface area contributed by atoms with Crippen molar-refractivity contribution < 1.29 is 22.8 Å². The first-order chi connectivity index (χ1) is 21.1. The smallest absolute Gasteiger partial charge is 0.383 e. The molecule has 1 aliphatic carbocycles. The van der Waals surface area contributed by atoms with Crippen LogP contribution in [0.3, 0.4) is 0 Å². The maximum atomic E-state index is 13.2. The summed E-state index contributed by atoms with van der Waals surface area (Å²) in [6.45, 7) is 0.901. The Kier molecular flexibility index (Phi) is 7.50. The van der Waals surface area contributed by atoms with Gasteiger partial charge >= 0.3 is 6.18 Å². The number of nitriles is 1. The van der Waals surface area contributed by atoms with Crippen LogP contribution in [0.25, 0.3) is 22.3 Å². The minimum Gasteiger partial charge on any atom is -0.383 e. The number of alkyl halides is 3. The monoisotopic (exact) mass is 600 g/mol. The average molecular weight is 601 g/mol. The van der Waals surface area contributed by atoms with Crippen molar-refractivity contribution in [1.29, 1.82) is 5.26 Å². The van der Waals surface area contributed by atoms with Gasteiger partial charge in [-0.05, 0) is 68.0 Å². The van der Waals surface area contributed by atoms with Crippen LogP contribution in [-0.2, 0) is 17.5 Å². The van der Waals surface area contributed by atoms with Crippen molar-refractivity contribution in [2.24, 2.45) is 5.92 Å². The Hall–Kier alpha value is -5.25. The van der Waals surface area contributed by atoms with Gasteiger partial charge in [0, 0.05) is 23.4 Å². The molecule has 0 bridgehead atoms. The number of nitrogens with one attached hydrogen (secondary N) is 1. The van der Waals surface area contributed by atoms with Gasteiger partial charge < -0.3 is 16.0 Å². The minimum atomic E-state index is -4.49. The van der Waals surface area contributed by atoms with E-state index in [1.165, 1.54) is 6.33 Å². The van der Waals surface area contributed by atoms with Crippen molar-refractivity contribution in [3.05, 3.63) is 77.6 Å². The standard InChI is InChI=1S/C31H27F3N8O2/c32-31(33,34)22-9-5-20(6-10-22)29(43)39-23-11-7-19(8-12-23)26-25-27(36)37-17-38-28(25)42(40-26)16-24-2-1-13-41(24)30(44)21(15-35)14-18-3-4-18/h5-12,14,17-18,24H,1-4,13,16H2,(H,39,43)(H2,36,37,38)/b21-14-. The molecule has 2 aromatic heterocycles. The van der Waals surface area contributed by atoms with E-state index in [1.54, 1.807) is 39.9 Å². The van der Waals surface area contributed by atoms with E-state index in [0.717, 1.165) is 49.9 Å².